The molecule has 2 fully saturated rings. The van der Waals surface area contributed by atoms with E-state index in [0.29, 0.717) is 25.6 Å². The van der Waals surface area contributed by atoms with E-state index in [1.165, 1.54) is 51.6 Å². The van der Waals surface area contributed by atoms with Crippen molar-refractivity contribution in [1.29, 1.82) is 0 Å². The van der Waals surface area contributed by atoms with Crippen molar-refractivity contribution in [3.8, 4) is 16.9 Å². The van der Waals surface area contributed by atoms with Gasteiger partial charge in [0.25, 0.3) is 0 Å². The number of aromatic amines is 1. The van der Waals surface area contributed by atoms with Crippen LogP contribution >= 0.6 is 8.38 Å². The maximum absolute atomic E-state index is 6.03. The average Bonchev–Trinajstić information content (AvgIpc) is 3.26. The molecular formula is C27H40N5O3P. The molecule has 0 amide bonds. The molecule has 2 aromatic heterocycles. The Balaban J connectivity index is 0.000000280. The first-order valence-electron chi connectivity index (χ1n) is 13.2. The van der Waals surface area contributed by atoms with Crippen LogP contribution in [0, 0.1) is 5.92 Å². The molecule has 1 aliphatic carbocycles. The molecule has 196 valence electrons. The quantitative estimate of drug-likeness (QED) is 0.231. The minimum absolute atomic E-state index is 0.461. The predicted octanol–water partition coefficient (Wildman–Crippen LogP) is 5.85. The molecule has 0 unspecified atom stereocenters. The summed E-state index contributed by atoms with van der Waals surface area (Å²) in [4.78, 5) is 14.0. The Morgan fingerprint density at radius 2 is 1.92 bits per heavy atom. The molecule has 3 N–H and O–H groups in total. The maximum atomic E-state index is 6.03. The molecule has 2 aliphatic rings. The van der Waals surface area contributed by atoms with Crippen molar-refractivity contribution in [2.24, 2.45) is 5.92 Å². The minimum atomic E-state index is -0.813. The highest BCUT2D eigenvalue weighted by Gasteiger charge is 2.23. The molecule has 1 saturated carbocycles. The van der Waals surface area contributed by atoms with Gasteiger partial charge in [-0.25, -0.2) is 9.97 Å². The van der Waals surface area contributed by atoms with Gasteiger partial charge < -0.3 is 29.4 Å². The Morgan fingerprint density at radius 3 is 2.58 bits per heavy atom. The largest absolute Gasteiger partial charge is 0.494 e. The van der Waals surface area contributed by atoms with E-state index in [1.54, 1.807) is 0 Å². The molecule has 0 atom stereocenters. The number of H-pyrrole nitrogens is 1. The molecule has 5 rings (SSSR count). The summed E-state index contributed by atoms with van der Waals surface area (Å²) in [6, 6.07) is 7.94. The van der Waals surface area contributed by atoms with Gasteiger partial charge in [0.15, 0.2) is 8.38 Å². The second-order valence-electron chi connectivity index (χ2n) is 9.26. The van der Waals surface area contributed by atoms with Gasteiger partial charge in [-0.3, -0.25) is 0 Å². The standard InChI is InChI=1S/C19H25N4O3P.C8H15N/c1-3-25-27(26-4-2)10-6-9-24-15-8-5-7-14(11-15)16-12-21-19-17(16)18(20)22-13-23-19;1-3-8(4-1)7-9-5-2-6-9/h5,7-8,11-13H,3-4,6,9-10H2,1-2H3,(H3,20,21,22,23);8H,1-7H2. The lowest BCUT2D eigenvalue weighted by molar-refractivity contribution is 0.121. The van der Waals surface area contributed by atoms with Gasteiger partial charge in [-0.05, 0) is 76.2 Å². The van der Waals surface area contributed by atoms with Crippen LogP contribution < -0.4 is 10.5 Å². The number of ether oxygens (including phenoxy) is 1. The zero-order valence-electron chi connectivity index (χ0n) is 21.6. The number of nitrogen functional groups attached to an aromatic ring is 1. The average molecular weight is 514 g/mol. The van der Waals surface area contributed by atoms with E-state index in [9.17, 15) is 0 Å². The fourth-order valence-corrected chi connectivity index (χ4v) is 5.71. The number of nitrogens with zero attached hydrogens (tertiary/aromatic N) is 3. The highest BCUT2D eigenvalue weighted by molar-refractivity contribution is 7.47. The van der Waals surface area contributed by atoms with Gasteiger partial charge in [0.05, 0.1) is 25.2 Å². The number of benzene rings is 1. The van der Waals surface area contributed by atoms with Gasteiger partial charge >= 0.3 is 0 Å². The van der Waals surface area contributed by atoms with Crippen LogP contribution in [0.25, 0.3) is 22.2 Å². The Morgan fingerprint density at radius 1 is 1.11 bits per heavy atom. The fraction of sp³-hybridized carbons (Fsp3) is 0.556. The van der Waals surface area contributed by atoms with Crippen molar-refractivity contribution >= 4 is 25.2 Å². The van der Waals surface area contributed by atoms with Crippen molar-refractivity contribution in [1.82, 2.24) is 19.9 Å². The van der Waals surface area contributed by atoms with Gasteiger partial charge in [0.2, 0.25) is 0 Å². The number of hydrogen-bond donors (Lipinski definition) is 2. The van der Waals surface area contributed by atoms with Crippen LogP contribution in [0.2, 0.25) is 0 Å². The summed E-state index contributed by atoms with van der Waals surface area (Å²) in [5, 5.41) is 0.828. The lowest BCUT2D eigenvalue weighted by atomic mass is 9.84. The van der Waals surface area contributed by atoms with Crippen LogP contribution in [-0.2, 0) is 9.05 Å². The summed E-state index contributed by atoms with van der Waals surface area (Å²) in [5.41, 5.74) is 8.72. The van der Waals surface area contributed by atoms with Gasteiger partial charge in [-0.15, -0.1) is 0 Å². The lowest BCUT2D eigenvalue weighted by Crippen LogP contribution is -2.41. The number of rotatable bonds is 12. The molecule has 3 heterocycles. The number of hydrogen-bond acceptors (Lipinski definition) is 7. The summed E-state index contributed by atoms with van der Waals surface area (Å²) in [6.45, 7) is 10.1. The third-order valence-corrected chi connectivity index (χ3v) is 8.41. The second-order valence-corrected chi connectivity index (χ2v) is 10.9. The van der Waals surface area contributed by atoms with Crippen LogP contribution in [0.5, 0.6) is 5.75 Å². The summed E-state index contributed by atoms with van der Waals surface area (Å²) >= 11 is 0. The van der Waals surface area contributed by atoms with Gasteiger partial charge in [-0.1, -0.05) is 18.6 Å². The van der Waals surface area contributed by atoms with Crippen LogP contribution in [-0.4, -0.2) is 65.5 Å². The third kappa shape index (κ3) is 7.39. The van der Waals surface area contributed by atoms with Gasteiger partial charge in [0, 0.05) is 24.5 Å². The van der Waals surface area contributed by atoms with E-state index in [0.717, 1.165) is 46.4 Å². The Bertz CT molecular complexity index is 1050. The van der Waals surface area contributed by atoms with E-state index in [-0.39, 0.29) is 0 Å². The zero-order valence-corrected chi connectivity index (χ0v) is 22.5. The zero-order chi connectivity index (χ0) is 25.2. The lowest BCUT2D eigenvalue weighted by Gasteiger charge is -2.37. The number of anilines is 1. The summed E-state index contributed by atoms with van der Waals surface area (Å²) in [5.74, 6) is 2.36. The van der Waals surface area contributed by atoms with Crippen LogP contribution in [0.1, 0.15) is 46.0 Å². The first-order chi connectivity index (χ1) is 17.7. The summed E-state index contributed by atoms with van der Waals surface area (Å²) < 4.78 is 17.1. The molecule has 1 saturated heterocycles. The van der Waals surface area contributed by atoms with Gasteiger partial charge in [-0.2, -0.15) is 0 Å². The maximum Gasteiger partial charge on any atom is 0.170 e. The molecular weight excluding hydrogens is 473 g/mol. The molecule has 36 heavy (non-hydrogen) atoms. The number of nitrogens with two attached hydrogens (primary N) is 1. The Labute approximate surface area is 215 Å². The molecule has 8 nitrogen and oxygen atoms in total. The van der Waals surface area contributed by atoms with Crippen LogP contribution in [0.4, 0.5) is 5.82 Å². The van der Waals surface area contributed by atoms with Crippen molar-refractivity contribution in [3.05, 3.63) is 36.8 Å². The normalized spacial score (nSPS) is 15.9. The monoisotopic (exact) mass is 513 g/mol. The highest BCUT2D eigenvalue weighted by Crippen LogP contribution is 2.38. The van der Waals surface area contributed by atoms with E-state index in [1.807, 2.05) is 44.3 Å². The van der Waals surface area contributed by atoms with Gasteiger partial charge in [0.1, 0.15) is 23.5 Å². The molecule has 3 aromatic rings. The first kappa shape index (κ1) is 26.8. The molecule has 0 spiro atoms. The number of fused-ring (bicyclic) bond motifs is 1. The Kier molecular flexibility index (Phi) is 10.3. The highest BCUT2D eigenvalue weighted by atomic mass is 31.2. The summed E-state index contributed by atoms with van der Waals surface area (Å²) in [7, 11) is -0.813. The number of aromatic nitrogens is 3. The topological polar surface area (TPSA) is 98.5 Å². The molecule has 1 aromatic carbocycles. The minimum Gasteiger partial charge on any atom is -0.494 e. The second kappa shape index (κ2) is 13.9. The molecule has 0 bridgehead atoms. The third-order valence-electron chi connectivity index (χ3n) is 6.63. The Hall–Kier alpha value is -2.25. The number of nitrogens with one attached hydrogen (secondary N) is 1. The van der Waals surface area contributed by atoms with E-state index in [4.69, 9.17) is 19.5 Å². The SMILES string of the molecule is C1CC(CN2CCC2)C1.CCOP(CCCOc1cccc(-c2c[nH]c3ncnc(N)c23)c1)OCC. The van der Waals surface area contributed by atoms with Crippen molar-refractivity contribution in [2.75, 3.05) is 51.4 Å². The van der Waals surface area contributed by atoms with Crippen molar-refractivity contribution < 1.29 is 13.8 Å². The molecule has 0 radical (unpaired) electrons. The van der Waals surface area contributed by atoms with Crippen LogP contribution in [0.3, 0.4) is 0 Å². The van der Waals surface area contributed by atoms with Crippen molar-refractivity contribution in [3.63, 3.8) is 0 Å². The number of likely N-dealkylation sites (tertiary alicyclic amines) is 1. The fourth-order valence-electron chi connectivity index (χ4n) is 4.41. The molecule has 9 heteroatoms. The van der Waals surface area contributed by atoms with Crippen LogP contribution in [0.15, 0.2) is 36.8 Å². The van der Waals surface area contributed by atoms with E-state index in [2.05, 4.69) is 19.9 Å². The van der Waals surface area contributed by atoms with E-state index < -0.39 is 8.38 Å². The summed E-state index contributed by atoms with van der Waals surface area (Å²) in [6.07, 6.45) is 11.1. The van der Waals surface area contributed by atoms with Crippen molar-refractivity contribution in [2.45, 2.75) is 46.0 Å². The smallest absolute Gasteiger partial charge is 0.170 e. The molecule has 1 aliphatic heterocycles. The van der Waals surface area contributed by atoms with E-state index >= 15 is 0 Å². The first-order valence-corrected chi connectivity index (χ1v) is 14.6. The predicted molar refractivity (Wildman–Crippen MR) is 147 cm³/mol.